The minimum atomic E-state index is -0.436. The smallest absolute Gasteiger partial charge is 0.233 e. The van der Waals surface area contributed by atoms with E-state index in [1.54, 1.807) is 0 Å². The number of nitrogens with zero attached hydrogens (tertiary/aromatic N) is 1. The van der Waals surface area contributed by atoms with Gasteiger partial charge in [0.1, 0.15) is 0 Å². The van der Waals surface area contributed by atoms with Crippen LogP contribution in [0.1, 0.15) is 38.7 Å². The molecule has 21 heavy (non-hydrogen) atoms. The van der Waals surface area contributed by atoms with Crippen LogP contribution in [0.2, 0.25) is 5.02 Å². The lowest BCUT2D eigenvalue weighted by Gasteiger charge is -2.35. The van der Waals surface area contributed by atoms with Gasteiger partial charge in [0, 0.05) is 18.1 Å². The Balaban J connectivity index is 2.29. The molecule has 1 aliphatic rings. The summed E-state index contributed by atoms with van der Waals surface area (Å²) in [5.74, 6) is 0.691. The molecule has 1 aromatic rings. The first kappa shape index (κ1) is 16.3. The number of benzene rings is 1. The third kappa shape index (κ3) is 3.09. The Bertz CT molecular complexity index is 482. The number of carbonyl (C=O) groups excluding carboxylic acids is 1. The summed E-state index contributed by atoms with van der Waals surface area (Å²) in [5, 5.41) is 0.705. The number of carbonyl (C=O) groups is 1. The number of hydrogen-bond acceptors (Lipinski definition) is 2. The summed E-state index contributed by atoms with van der Waals surface area (Å²) in [5.41, 5.74) is 6.38. The Morgan fingerprint density at radius 2 is 1.95 bits per heavy atom. The van der Waals surface area contributed by atoms with Crippen LogP contribution in [-0.2, 0) is 10.2 Å². The Hall–Kier alpha value is -1.06. The molecule has 0 aromatic heterocycles. The molecule has 2 N–H and O–H groups in total. The van der Waals surface area contributed by atoms with Crippen molar-refractivity contribution in [2.75, 3.05) is 19.6 Å². The van der Waals surface area contributed by atoms with Crippen LogP contribution in [-0.4, -0.2) is 30.4 Å². The highest BCUT2D eigenvalue weighted by Crippen LogP contribution is 2.36. The van der Waals surface area contributed by atoms with Crippen LogP contribution in [0.15, 0.2) is 24.3 Å². The van der Waals surface area contributed by atoms with Crippen LogP contribution in [0.5, 0.6) is 0 Å². The van der Waals surface area contributed by atoms with Crippen LogP contribution in [0.3, 0.4) is 0 Å². The van der Waals surface area contributed by atoms with E-state index in [1.165, 1.54) is 0 Å². The van der Waals surface area contributed by atoms with Crippen molar-refractivity contribution < 1.29 is 4.79 Å². The number of likely N-dealkylation sites (tertiary alicyclic amines) is 1. The van der Waals surface area contributed by atoms with E-state index in [0.29, 0.717) is 17.5 Å². The average Bonchev–Trinajstić information content (AvgIpc) is 2.99. The van der Waals surface area contributed by atoms with E-state index in [1.807, 2.05) is 29.2 Å². The first-order chi connectivity index (χ1) is 10.1. The standard InChI is InChI=1S/C17H25ClN2O/c1-3-17(4-2,14-5-7-15(18)8-6-14)16(21)20-10-9-13(11-19)12-20/h5-8,13H,3-4,9-12,19H2,1-2H3. The maximum atomic E-state index is 13.1. The SMILES string of the molecule is CCC(CC)(C(=O)N1CCC(CN)C1)c1ccc(Cl)cc1. The first-order valence-electron chi connectivity index (χ1n) is 7.82. The van der Waals surface area contributed by atoms with Crippen molar-refractivity contribution in [1.82, 2.24) is 4.90 Å². The van der Waals surface area contributed by atoms with Gasteiger partial charge in [0.05, 0.1) is 5.41 Å². The maximum Gasteiger partial charge on any atom is 0.233 e. The number of rotatable bonds is 5. The molecule has 1 saturated heterocycles. The molecule has 116 valence electrons. The molecule has 3 nitrogen and oxygen atoms in total. The van der Waals surface area contributed by atoms with Gasteiger partial charge in [-0.2, -0.15) is 0 Å². The third-order valence-electron chi connectivity index (χ3n) is 4.92. The van der Waals surface area contributed by atoms with Gasteiger partial charge in [-0.15, -0.1) is 0 Å². The summed E-state index contributed by atoms with van der Waals surface area (Å²) in [6.07, 6.45) is 2.62. The van der Waals surface area contributed by atoms with Crippen molar-refractivity contribution in [1.29, 1.82) is 0 Å². The fourth-order valence-electron chi connectivity index (χ4n) is 3.37. The van der Waals surface area contributed by atoms with Crippen molar-refractivity contribution in [3.05, 3.63) is 34.9 Å². The summed E-state index contributed by atoms with van der Waals surface area (Å²) in [7, 11) is 0. The number of nitrogens with two attached hydrogens (primary N) is 1. The molecule has 1 unspecified atom stereocenters. The zero-order chi connectivity index (χ0) is 15.5. The van der Waals surface area contributed by atoms with Crippen molar-refractivity contribution in [2.45, 2.75) is 38.5 Å². The van der Waals surface area contributed by atoms with Crippen molar-refractivity contribution >= 4 is 17.5 Å². The topological polar surface area (TPSA) is 46.3 Å². The molecule has 0 aliphatic carbocycles. The van der Waals surface area contributed by atoms with Crippen LogP contribution in [0.25, 0.3) is 0 Å². The molecule has 1 aromatic carbocycles. The number of halogens is 1. The molecular weight excluding hydrogens is 284 g/mol. The number of amides is 1. The van der Waals surface area contributed by atoms with Crippen LogP contribution in [0.4, 0.5) is 0 Å². The fraction of sp³-hybridized carbons (Fsp3) is 0.588. The first-order valence-corrected chi connectivity index (χ1v) is 8.20. The molecule has 1 aliphatic heterocycles. The van der Waals surface area contributed by atoms with Gasteiger partial charge in [-0.25, -0.2) is 0 Å². The highest BCUT2D eigenvalue weighted by atomic mass is 35.5. The minimum absolute atomic E-state index is 0.241. The second-order valence-electron chi connectivity index (χ2n) is 5.94. The minimum Gasteiger partial charge on any atom is -0.342 e. The largest absolute Gasteiger partial charge is 0.342 e. The Morgan fingerprint density at radius 1 is 1.33 bits per heavy atom. The third-order valence-corrected chi connectivity index (χ3v) is 5.17. The highest BCUT2D eigenvalue weighted by molar-refractivity contribution is 6.30. The summed E-state index contributed by atoms with van der Waals surface area (Å²) in [4.78, 5) is 15.1. The van der Waals surface area contributed by atoms with Gasteiger partial charge in [-0.3, -0.25) is 4.79 Å². The molecular formula is C17H25ClN2O. The van der Waals surface area contributed by atoms with E-state index in [0.717, 1.165) is 37.9 Å². The molecule has 0 saturated carbocycles. The predicted octanol–water partition coefficient (Wildman–Crippen LogP) is 3.21. The van der Waals surface area contributed by atoms with Crippen LogP contribution >= 0.6 is 11.6 Å². The van der Waals surface area contributed by atoms with Crippen molar-refractivity contribution in [3.63, 3.8) is 0 Å². The molecule has 1 heterocycles. The summed E-state index contributed by atoms with van der Waals surface area (Å²) >= 11 is 5.98. The van der Waals surface area contributed by atoms with Gasteiger partial charge in [-0.05, 0) is 49.4 Å². The van der Waals surface area contributed by atoms with Gasteiger partial charge in [0.2, 0.25) is 5.91 Å². The molecule has 4 heteroatoms. The molecule has 1 fully saturated rings. The Labute approximate surface area is 132 Å². The Kier molecular flexibility index (Phi) is 5.28. The van der Waals surface area contributed by atoms with E-state index in [9.17, 15) is 4.79 Å². The summed E-state index contributed by atoms with van der Waals surface area (Å²) < 4.78 is 0. The zero-order valence-electron chi connectivity index (χ0n) is 12.9. The van der Waals surface area contributed by atoms with Gasteiger partial charge in [-0.1, -0.05) is 37.6 Å². The molecule has 0 spiro atoms. The lowest BCUT2D eigenvalue weighted by Crippen LogP contribution is -2.45. The lowest BCUT2D eigenvalue weighted by molar-refractivity contribution is -0.137. The molecule has 0 bridgehead atoms. The van der Waals surface area contributed by atoms with Gasteiger partial charge >= 0.3 is 0 Å². The zero-order valence-corrected chi connectivity index (χ0v) is 13.7. The molecule has 1 amide bonds. The fourth-order valence-corrected chi connectivity index (χ4v) is 3.49. The van der Waals surface area contributed by atoms with Crippen molar-refractivity contribution in [2.24, 2.45) is 11.7 Å². The molecule has 0 radical (unpaired) electrons. The van der Waals surface area contributed by atoms with Gasteiger partial charge < -0.3 is 10.6 Å². The van der Waals surface area contributed by atoms with Gasteiger partial charge in [0.15, 0.2) is 0 Å². The van der Waals surface area contributed by atoms with E-state index in [-0.39, 0.29) is 5.91 Å². The van der Waals surface area contributed by atoms with E-state index in [2.05, 4.69) is 13.8 Å². The normalized spacial score (nSPS) is 19.0. The van der Waals surface area contributed by atoms with E-state index in [4.69, 9.17) is 17.3 Å². The predicted molar refractivity (Wildman–Crippen MR) is 87.5 cm³/mol. The second kappa shape index (κ2) is 6.80. The average molecular weight is 309 g/mol. The molecule has 1 atom stereocenters. The van der Waals surface area contributed by atoms with Crippen molar-refractivity contribution in [3.8, 4) is 0 Å². The monoisotopic (exact) mass is 308 g/mol. The van der Waals surface area contributed by atoms with Crippen LogP contribution < -0.4 is 5.73 Å². The lowest BCUT2D eigenvalue weighted by atomic mass is 9.74. The van der Waals surface area contributed by atoms with Crippen LogP contribution in [0, 0.1) is 5.92 Å². The second-order valence-corrected chi connectivity index (χ2v) is 6.37. The Morgan fingerprint density at radius 3 is 2.43 bits per heavy atom. The van der Waals surface area contributed by atoms with E-state index < -0.39 is 5.41 Å². The quantitative estimate of drug-likeness (QED) is 0.908. The highest BCUT2D eigenvalue weighted by Gasteiger charge is 2.41. The maximum absolute atomic E-state index is 13.1. The van der Waals surface area contributed by atoms with E-state index >= 15 is 0 Å². The summed E-state index contributed by atoms with van der Waals surface area (Å²) in [6, 6.07) is 7.72. The summed E-state index contributed by atoms with van der Waals surface area (Å²) in [6.45, 7) is 6.47. The van der Waals surface area contributed by atoms with Gasteiger partial charge in [0.25, 0.3) is 0 Å². The number of hydrogen-bond donors (Lipinski definition) is 1. The molecule has 2 rings (SSSR count).